The van der Waals surface area contributed by atoms with Gasteiger partial charge in [0.05, 0.1) is 12.0 Å². The molecule has 0 atom stereocenters. The van der Waals surface area contributed by atoms with Crippen molar-refractivity contribution in [3.63, 3.8) is 0 Å². The van der Waals surface area contributed by atoms with Crippen LogP contribution >= 0.6 is 0 Å². The standard InChI is InChI=1S/C25H17N3O5/c1-32-21-13-16(12-20(23(21)29)28(30)31)15-27-25-19(14-26)22(17-8-4-2-5-9-17)24(33-25)18-10-6-3-7-11-18/h2-13,15,29H,1H3/b27-15+. The third kappa shape index (κ3) is 4.16. The van der Waals surface area contributed by atoms with E-state index in [4.69, 9.17) is 9.15 Å². The fraction of sp³-hybridized carbons (Fsp3) is 0.0400. The number of aliphatic imine (C=N–C) groups is 1. The number of rotatable bonds is 6. The molecule has 33 heavy (non-hydrogen) atoms. The zero-order valence-electron chi connectivity index (χ0n) is 17.4. The highest BCUT2D eigenvalue weighted by molar-refractivity contribution is 5.90. The topological polar surface area (TPSA) is 122 Å². The van der Waals surface area contributed by atoms with Crippen molar-refractivity contribution in [3.05, 3.63) is 94.0 Å². The first-order valence-corrected chi connectivity index (χ1v) is 9.80. The van der Waals surface area contributed by atoms with Gasteiger partial charge in [0, 0.05) is 29.0 Å². The molecule has 1 N–H and O–H groups in total. The van der Waals surface area contributed by atoms with Crippen molar-refractivity contribution < 1.29 is 19.2 Å². The van der Waals surface area contributed by atoms with E-state index in [-0.39, 0.29) is 17.2 Å². The number of aromatic hydroxyl groups is 1. The van der Waals surface area contributed by atoms with Gasteiger partial charge in [-0.25, -0.2) is 4.99 Å². The zero-order chi connectivity index (χ0) is 23.4. The van der Waals surface area contributed by atoms with Gasteiger partial charge < -0.3 is 14.3 Å². The molecule has 1 aromatic heterocycles. The van der Waals surface area contributed by atoms with Gasteiger partial charge in [-0.1, -0.05) is 60.7 Å². The van der Waals surface area contributed by atoms with Gasteiger partial charge in [0.1, 0.15) is 17.4 Å². The predicted molar refractivity (Wildman–Crippen MR) is 123 cm³/mol. The molecule has 0 radical (unpaired) electrons. The molecule has 4 rings (SSSR count). The predicted octanol–water partition coefficient (Wildman–Crippen LogP) is 5.86. The highest BCUT2D eigenvalue weighted by Gasteiger charge is 2.23. The van der Waals surface area contributed by atoms with Crippen molar-refractivity contribution in [2.24, 2.45) is 4.99 Å². The van der Waals surface area contributed by atoms with E-state index in [0.717, 1.165) is 17.2 Å². The molecule has 162 valence electrons. The van der Waals surface area contributed by atoms with Crippen LogP contribution in [0.5, 0.6) is 11.5 Å². The molecule has 0 aliphatic carbocycles. The monoisotopic (exact) mass is 439 g/mol. The minimum Gasteiger partial charge on any atom is -0.500 e. The van der Waals surface area contributed by atoms with E-state index in [1.165, 1.54) is 19.4 Å². The fourth-order valence-corrected chi connectivity index (χ4v) is 3.40. The Bertz CT molecular complexity index is 1390. The number of nitriles is 1. The normalized spacial score (nSPS) is 10.8. The number of furan rings is 1. The molecule has 3 aromatic carbocycles. The number of hydrogen-bond donors (Lipinski definition) is 1. The van der Waals surface area contributed by atoms with Gasteiger partial charge in [-0.2, -0.15) is 5.26 Å². The summed E-state index contributed by atoms with van der Waals surface area (Å²) in [4.78, 5) is 14.9. The Labute approximate surface area is 188 Å². The van der Waals surface area contributed by atoms with E-state index in [1.54, 1.807) is 0 Å². The van der Waals surface area contributed by atoms with Crippen LogP contribution in [0.25, 0.3) is 22.5 Å². The molecule has 8 heteroatoms. The summed E-state index contributed by atoms with van der Waals surface area (Å²) in [7, 11) is 1.29. The van der Waals surface area contributed by atoms with Crippen molar-refractivity contribution in [2.75, 3.05) is 7.11 Å². The second kappa shape index (κ2) is 9.08. The molecule has 1 heterocycles. The molecule has 8 nitrogen and oxygen atoms in total. The Morgan fingerprint density at radius 3 is 2.30 bits per heavy atom. The molecule has 0 saturated carbocycles. The summed E-state index contributed by atoms with van der Waals surface area (Å²) in [5.41, 5.74) is 2.17. The summed E-state index contributed by atoms with van der Waals surface area (Å²) >= 11 is 0. The van der Waals surface area contributed by atoms with Gasteiger partial charge in [-0.05, 0) is 11.6 Å². The molecule has 0 bridgehead atoms. The van der Waals surface area contributed by atoms with E-state index in [9.17, 15) is 20.5 Å². The van der Waals surface area contributed by atoms with E-state index in [1.807, 2.05) is 60.7 Å². The molecular weight excluding hydrogens is 422 g/mol. The lowest BCUT2D eigenvalue weighted by atomic mass is 9.98. The van der Waals surface area contributed by atoms with Crippen LogP contribution in [0.1, 0.15) is 11.1 Å². The van der Waals surface area contributed by atoms with Crippen molar-refractivity contribution in [1.29, 1.82) is 5.26 Å². The number of benzene rings is 3. The van der Waals surface area contributed by atoms with E-state index in [2.05, 4.69) is 11.1 Å². The first-order valence-electron chi connectivity index (χ1n) is 9.80. The highest BCUT2D eigenvalue weighted by Crippen LogP contribution is 2.42. The number of hydrogen-bond acceptors (Lipinski definition) is 7. The van der Waals surface area contributed by atoms with Gasteiger partial charge in [-0.15, -0.1) is 0 Å². The maximum absolute atomic E-state index is 11.3. The van der Waals surface area contributed by atoms with Crippen LogP contribution in [0, 0.1) is 21.4 Å². The van der Waals surface area contributed by atoms with E-state index in [0.29, 0.717) is 16.9 Å². The Kier molecular flexibility index (Phi) is 5.87. The smallest absolute Gasteiger partial charge is 0.315 e. The van der Waals surface area contributed by atoms with Crippen LogP contribution in [0.15, 0.2) is 82.2 Å². The average molecular weight is 439 g/mol. The summed E-state index contributed by atoms with van der Waals surface area (Å²) in [5.74, 6) is -0.0988. The maximum Gasteiger partial charge on any atom is 0.315 e. The quantitative estimate of drug-likeness (QED) is 0.228. The second-order valence-electron chi connectivity index (χ2n) is 6.94. The lowest BCUT2D eigenvalue weighted by Gasteiger charge is -2.04. The average Bonchev–Trinajstić information content (AvgIpc) is 3.22. The summed E-state index contributed by atoms with van der Waals surface area (Å²) in [6, 6.07) is 23.4. The lowest BCUT2D eigenvalue weighted by molar-refractivity contribution is -0.386. The zero-order valence-corrected chi connectivity index (χ0v) is 17.4. The summed E-state index contributed by atoms with van der Waals surface area (Å²) < 4.78 is 11.0. The van der Waals surface area contributed by atoms with Crippen LogP contribution in [0.3, 0.4) is 0 Å². The van der Waals surface area contributed by atoms with Crippen LogP contribution in [-0.2, 0) is 0 Å². The second-order valence-corrected chi connectivity index (χ2v) is 6.94. The molecule has 0 aliphatic heterocycles. The molecule has 0 fully saturated rings. The minimum absolute atomic E-state index is 0.0601. The largest absolute Gasteiger partial charge is 0.500 e. The SMILES string of the molecule is COc1cc(/C=N/c2oc(-c3ccccc3)c(-c3ccccc3)c2C#N)cc([N+](=O)[O-])c1O. The number of nitrogens with zero attached hydrogens (tertiary/aromatic N) is 3. The van der Waals surface area contributed by atoms with Gasteiger partial charge in [0.25, 0.3) is 0 Å². The first kappa shape index (κ1) is 21.3. The summed E-state index contributed by atoms with van der Waals surface area (Å²) in [5, 5.41) is 31.2. The Morgan fingerprint density at radius 2 is 1.73 bits per heavy atom. The molecule has 4 aromatic rings. The van der Waals surface area contributed by atoms with Crippen molar-refractivity contribution in [3.8, 4) is 40.0 Å². The Balaban J connectivity index is 1.87. The number of phenols is 1. The molecule has 0 saturated heterocycles. The summed E-state index contributed by atoms with van der Waals surface area (Å²) in [6.45, 7) is 0. The van der Waals surface area contributed by atoms with Crippen LogP contribution < -0.4 is 4.74 Å². The van der Waals surface area contributed by atoms with Gasteiger partial charge >= 0.3 is 5.69 Å². The van der Waals surface area contributed by atoms with Crippen molar-refractivity contribution in [2.45, 2.75) is 0 Å². The maximum atomic E-state index is 11.3. The number of methoxy groups -OCH3 is 1. The van der Waals surface area contributed by atoms with Gasteiger partial charge in [0.2, 0.25) is 11.6 Å². The van der Waals surface area contributed by atoms with Gasteiger partial charge in [0.15, 0.2) is 5.75 Å². The Hall–Kier alpha value is -4.90. The van der Waals surface area contributed by atoms with E-state index < -0.39 is 16.4 Å². The van der Waals surface area contributed by atoms with Gasteiger partial charge in [-0.3, -0.25) is 10.1 Å². The Morgan fingerprint density at radius 1 is 1.09 bits per heavy atom. The molecule has 0 unspecified atom stereocenters. The highest BCUT2D eigenvalue weighted by atomic mass is 16.6. The molecule has 0 aliphatic rings. The van der Waals surface area contributed by atoms with Crippen LogP contribution in [0.2, 0.25) is 0 Å². The number of nitro groups is 1. The molecule has 0 amide bonds. The minimum atomic E-state index is -0.718. The van der Waals surface area contributed by atoms with Crippen LogP contribution in [-0.4, -0.2) is 23.4 Å². The lowest BCUT2D eigenvalue weighted by Crippen LogP contribution is -1.94. The van der Waals surface area contributed by atoms with E-state index >= 15 is 0 Å². The summed E-state index contributed by atoms with van der Waals surface area (Å²) in [6.07, 6.45) is 1.32. The first-order chi connectivity index (χ1) is 16.0. The number of ether oxygens (including phenoxy) is 1. The third-order valence-electron chi connectivity index (χ3n) is 4.92. The van der Waals surface area contributed by atoms with Crippen molar-refractivity contribution in [1.82, 2.24) is 0 Å². The molecular formula is C25H17N3O5. The number of nitro benzene ring substituents is 1. The fourth-order valence-electron chi connectivity index (χ4n) is 3.40. The number of phenolic OH excluding ortho intramolecular Hbond substituents is 1. The van der Waals surface area contributed by atoms with Crippen molar-refractivity contribution >= 4 is 17.8 Å². The third-order valence-corrected chi connectivity index (χ3v) is 4.92. The molecule has 0 spiro atoms. The van der Waals surface area contributed by atoms with Crippen LogP contribution in [0.4, 0.5) is 11.6 Å².